The van der Waals surface area contributed by atoms with Gasteiger partial charge in [-0.15, -0.1) is 0 Å². The topological polar surface area (TPSA) is 23.8 Å². The van der Waals surface area contributed by atoms with Gasteiger partial charge in [-0.05, 0) is 85.8 Å². The van der Waals surface area contributed by atoms with Crippen molar-refractivity contribution in [2.24, 2.45) is 17.8 Å². The van der Waals surface area contributed by atoms with Crippen LogP contribution in [-0.4, -0.2) is 0 Å². The lowest BCUT2D eigenvalue weighted by Gasteiger charge is -2.30. The maximum absolute atomic E-state index is 12.9. The molecule has 1 nitrogen and oxygen atoms in total. The molecule has 0 heterocycles. The van der Waals surface area contributed by atoms with Crippen molar-refractivity contribution in [3.63, 3.8) is 0 Å². The lowest BCUT2D eigenvalue weighted by Crippen LogP contribution is -2.15. The molecule has 0 aromatic heterocycles. The van der Waals surface area contributed by atoms with Crippen molar-refractivity contribution in [2.45, 2.75) is 116 Å². The normalized spacial score (nSPS) is 26.6. The Bertz CT molecular complexity index is 712. The molecule has 0 atom stereocenters. The summed E-state index contributed by atoms with van der Waals surface area (Å²) in [6.45, 7) is 2.25. The molecule has 0 saturated heterocycles. The molecule has 0 N–H and O–H groups in total. The number of hydrogen-bond acceptors (Lipinski definition) is 1. The molecule has 2 saturated carbocycles. The van der Waals surface area contributed by atoms with Crippen LogP contribution in [0.3, 0.4) is 0 Å². The van der Waals surface area contributed by atoms with Gasteiger partial charge in [0.05, 0.1) is 0 Å². The molecule has 2 aliphatic carbocycles. The van der Waals surface area contributed by atoms with Crippen LogP contribution in [-0.2, 0) is 6.42 Å². The number of nitriles is 1. The van der Waals surface area contributed by atoms with Gasteiger partial charge in [-0.2, -0.15) is 9.65 Å². The number of rotatable bonds is 11. The second-order valence-electron chi connectivity index (χ2n) is 10.6. The maximum atomic E-state index is 12.9. The Morgan fingerprint density at radius 3 is 1.94 bits per heavy atom. The third-order valence-electron chi connectivity index (χ3n) is 8.28. The van der Waals surface area contributed by atoms with Gasteiger partial charge in [0, 0.05) is 0 Å². The molecule has 0 amide bonds. The van der Waals surface area contributed by atoms with Gasteiger partial charge in [-0.1, -0.05) is 89.0 Å². The van der Waals surface area contributed by atoms with Crippen molar-refractivity contribution < 1.29 is 4.39 Å². The molecule has 3 rings (SSSR count). The number of halogens is 1. The Labute approximate surface area is 196 Å². The fourth-order valence-corrected chi connectivity index (χ4v) is 6.20. The fraction of sp³-hybridized carbons (Fsp3) is 0.700. The summed E-state index contributed by atoms with van der Waals surface area (Å²) in [6.07, 6.45) is 22.3. The van der Waals surface area contributed by atoms with Crippen molar-refractivity contribution in [3.05, 3.63) is 47.3 Å². The Balaban J connectivity index is 1.23. The summed E-state index contributed by atoms with van der Waals surface area (Å²) in [7, 11) is 0. The summed E-state index contributed by atoms with van der Waals surface area (Å²) in [5.41, 5.74) is 3.06. The van der Waals surface area contributed by atoms with E-state index in [9.17, 15) is 4.39 Å². The van der Waals surface area contributed by atoms with Crippen LogP contribution < -0.4 is 0 Å². The van der Waals surface area contributed by atoms with Gasteiger partial charge in [0.15, 0.2) is 5.83 Å². The van der Waals surface area contributed by atoms with Crippen molar-refractivity contribution in [1.29, 1.82) is 5.26 Å². The predicted octanol–water partition coefficient (Wildman–Crippen LogP) is 9.44. The van der Waals surface area contributed by atoms with E-state index in [4.69, 9.17) is 5.26 Å². The average Bonchev–Trinajstić information content (AvgIpc) is 2.84. The first-order valence-corrected chi connectivity index (χ1v) is 13.5. The molecule has 1 aromatic rings. The minimum atomic E-state index is -0.617. The largest absolute Gasteiger partial charge is 0.196 e. The monoisotopic (exact) mass is 437 g/mol. The Morgan fingerprint density at radius 2 is 1.41 bits per heavy atom. The van der Waals surface area contributed by atoms with Crippen molar-refractivity contribution in [3.8, 4) is 6.07 Å². The number of unbranched alkanes of at least 4 members (excludes halogenated alkanes) is 1. The second kappa shape index (κ2) is 13.8. The highest BCUT2D eigenvalue weighted by molar-refractivity contribution is 5.25. The van der Waals surface area contributed by atoms with Gasteiger partial charge >= 0.3 is 0 Å². The van der Waals surface area contributed by atoms with E-state index >= 15 is 0 Å². The minimum Gasteiger partial charge on any atom is -0.195 e. The SMILES string of the molecule is CCCc1ccc(C2CCC(CCCCC3CCC(CCC=C(F)C#N)CC3)CC2)cc1. The van der Waals surface area contributed by atoms with Crippen LogP contribution in [0, 0.1) is 29.1 Å². The zero-order valence-electron chi connectivity index (χ0n) is 20.3. The van der Waals surface area contributed by atoms with Gasteiger partial charge in [-0.25, -0.2) is 0 Å². The summed E-state index contributed by atoms with van der Waals surface area (Å²) in [4.78, 5) is 0. The van der Waals surface area contributed by atoms with E-state index in [0.29, 0.717) is 0 Å². The highest BCUT2D eigenvalue weighted by Crippen LogP contribution is 2.39. The summed E-state index contributed by atoms with van der Waals surface area (Å²) < 4.78 is 12.9. The summed E-state index contributed by atoms with van der Waals surface area (Å²) in [6, 6.07) is 11.1. The molecule has 0 spiro atoms. The van der Waals surface area contributed by atoms with Crippen molar-refractivity contribution in [2.75, 3.05) is 0 Å². The van der Waals surface area contributed by atoms with Crippen LogP contribution in [0.2, 0.25) is 0 Å². The third kappa shape index (κ3) is 8.38. The highest BCUT2D eigenvalue weighted by atomic mass is 19.1. The third-order valence-corrected chi connectivity index (χ3v) is 8.28. The van der Waals surface area contributed by atoms with Gasteiger partial charge in [0.1, 0.15) is 6.07 Å². The standard InChI is InChI=1S/C30H44FN/c1-2-6-24-15-19-28(20-16-24)29-21-17-26(18-22-29)8-4-3-7-25-11-13-27(14-12-25)9-5-10-30(31)23-32/h10,15-16,19-20,25-27,29H,2-9,11-14,17-18,21-22H2,1H3. The molecular formula is C30H44FN. The quantitative estimate of drug-likeness (QED) is 0.250. The van der Waals surface area contributed by atoms with Crippen LogP contribution in [0.1, 0.15) is 120 Å². The summed E-state index contributed by atoms with van der Waals surface area (Å²) in [5, 5.41) is 8.48. The van der Waals surface area contributed by atoms with Crippen LogP contribution in [0.4, 0.5) is 4.39 Å². The highest BCUT2D eigenvalue weighted by Gasteiger charge is 2.23. The molecule has 32 heavy (non-hydrogen) atoms. The Hall–Kier alpha value is -1.62. The number of hydrogen-bond donors (Lipinski definition) is 0. The van der Waals surface area contributed by atoms with Gasteiger partial charge < -0.3 is 0 Å². The molecule has 0 unspecified atom stereocenters. The smallest absolute Gasteiger partial charge is 0.195 e. The van der Waals surface area contributed by atoms with Crippen LogP contribution >= 0.6 is 0 Å². The lowest BCUT2D eigenvalue weighted by molar-refractivity contribution is 0.244. The average molecular weight is 438 g/mol. The van der Waals surface area contributed by atoms with Gasteiger partial charge in [-0.3, -0.25) is 0 Å². The van der Waals surface area contributed by atoms with E-state index in [0.717, 1.165) is 36.5 Å². The maximum Gasteiger partial charge on any atom is 0.196 e. The summed E-state index contributed by atoms with van der Waals surface area (Å²) >= 11 is 0. The molecule has 2 fully saturated rings. The van der Waals surface area contributed by atoms with Gasteiger partial charge in [0.2, 0.25) is 0 Å². The molecule has 1 aromatic carbocycles. The molecule has 176 valence electrons. The van der Waals surface area contributed by atoms with E-state index < -0.39 is 5.83 Å². The fourth-order valence-electron chi connectivity index (χ4n) is 6.20. The number of aryl methyl sites for hydroxylation is 1. The number of allylic oxidation sites excluding steroid dienone is 2. The predicted molar refractivity (Wildman–Crippen MR) is 133 cm³/mol. The van der Waals surface area contributed by atoms with Crippen LogP contribution in [0.25, 0.3) is 0 Å². The van der Waals surface area contributed by atoms with Gasteiger partial charge in [0.25, 0.3) is 0 Å². The van der Waals surface area contributed by atoms with Crippen LogP contribution in [0.5, 0.6) is 0 Å². The van der Waals surface area contributed by atoms with E-state index in [-0.39, 0.29) is 0 Å². The Morgan fingerprint density at radius 1 is 0.875 bits per heavy atom. The van der Waals surface area contributed by atoms with E-state index in [1.165, 1.54) is 102 Å². The summed E-state index contributed by atoms with van der Waals surface area (Å²) in [5.74, 6) is 2.80. The first kappa shape index (κ1) is 25.0. The van der Waals surface area contributed by atoms with E-state index in [1.54, 1.807) is 11.6 Å². The molecule has 0 radical (unpaired) electrons. The first-order chi connectivity index (χ1) is 15.7. The first-order valence-electron chi connectivity index (χ1n) is 13.5. The van der Waals surface area contributed by atoms with E-state index in [2.05, 4.69) is 31.2 Å². The molecule has 0 bridgehead atoms. The zero-order valence-corrected chi connectivity index (χ0v) is 20.3. The molecular weight excluding hydrogens is 393 g/mol. The number of benzene rings is 1. The minimum absolute atomic E-state index is 0.617. The second-order valence-corrected chi connectivity index (χ2v) is 10.6. The van der Waals surface area contributed by atoms with E-state index in [1.807, 2.05) is 0 Å². The molecule has 2 aliphatic rings. The Kier molecular flexibility index (Phi) is 10.8. The van der Waals surface area contributed by atoms with Crippen molar-refractivity contribution >= 4 is 0 Å². The van der Waals surface area contributed by atoms with Crippen LogP contribution in [0.15, 0.2) is 36.2 Å². The molecule has 0 aliphatic heterocycles. The molecule has 2 heteroatoms. The number of nitrogens with zero attached hydrogens (tertiary/aromatic N) is 1. The zero-order chi connectivity index (χ0) is 22.6. The lowest BCUT2D eigenvalue weighted by atomic mass is 9.76. The van der Waals surface area contributed by atoms with Crippen molar-refractivity contribution in [1.82, 2.24) is 0 Å².